The minimum absolute atomic E-state index is 0.0173. The smallest absolute Gasteiger partial charge is 0.309 e. The fourth-order valence-electron chi connectivity index (χ4n) is 5.09. The first-order chi connectivity index (χ1) is 17.5. The zero-order valence-corrected chi connectivity index (χ0v) is 23.3. The van der Waals surface area contributed by atoms with E-state index in [2.05, 4.69) is 0 Å². The van der Waals surface area contributed by atoms with Gasteiger partial charge in [-0.1, -0.05) is 24.0 Å². The summed E-state index contributed by atoms with van der Waals surface area (Å²) < 4.78 is 30.8. The maximum absolute atomic E-state index is 13.4. The predicted octanol–water partition coefficient (Wildman–Crippen LogP) is 1.73. The van der Waals surface area contributed by atoms with Crippen LogP contribution in [0.25, 0.3) is 6.08 Å². The van der Waals surface area contributed by atoms with Crippen molar-refractivity contribution in [3.8, 4) is 6.07 Å². The van der Waals surface area contributed by atoms with Gasteiger partial charge in [-0.2, -0.15) is 5.26 Å². The highest BCUT2D eigenvalue weighted by Crippen LogP contribution is 2.38. The lowest BCUT2D eigenvalue weighted by atomic mass is 9.95. The van der Waals surface area contributed by atoms with Crippen molar-refractivity contribution in [2.45, 2.75) is 39.2 Å². The number of anilines is 1. The zero-order valence-electron chi connectivity index (χ0n) is 20.9. The van der Waals surface area contributed by atoms with Crippen LogP contribution in [0, 0.1) is 24.2 Å². The molecule has 1 aromatic heterocycles. The summed E-state index contributed by atoms with van der Waals surface area (Å²) in [5, 5.41) is 9.68. The van der Waals surface area contributed by atoms with Gasteiger partial charge in [-0.25, -0.2) is 8.42 Å². The number of piperidine rings is 1. The lowest BCUT2D eigenvalue weighted by molar-refractivity contribution is -0.148. The Labute approximate surface area is 225 Å². The summed E-state index contributed by atoms with van der Waals surface area (Å²) in [4.78, 5) is 42.2. The normalized spacial score (nSPS) is 23.1. The van der Waals surface area contributed by atoms with Crippen LogP contribution < -0.4 is 10.5 Å². The van der Waals surface area contributed by atoms with Crippen LogP contribution in [0.2, 0.25) is 0 Å². The van der Waals surface area contributed by atoms with Crippen molar-refractivity contribution in [1.29, 1.82) is 5.26 Å². The molecular formula is C24H28N4O6S3. The molecule has 0 aliphatic carbocycles. The van der Waals surface area contributed by atoms with Crippen molar-refractivity contribution in [3.05, 3.63) is 31.9 Å². The Hall–Kier alpha value is -2.69. The highest BCUT2D eigenvalue weighted by molar-refractivity contribution is 8.26. The predicted molar refractivity (Wildman–Crippen MR) is 145 cm³/mol. The number of esters is 1. The van der Waals surface area contributed by atoms with Crippen LogP contribution >= 0.6 is 24.0 Å². The number of hydrogen-bond acceptors (Lipinski definition) is 10. The second-order valence-corrected chi connectivity index (χ2v) is 13.2. The third-order valence-electron chi connectivity index (χ3n) is 7.05. The monoisotopic (exact) mass is 564 g/mol. The number of aromatic nitrogens is 1. The molecule has 4 rings (SSSR count). The second-order valence-electron chi connectivity index (χ2n) is 9.34. The van der Waals surface area contributed by atoms with Crippen molar-refractivity contribution in [3.63, 3.8) is 0 Å². The Bertz CT molecular complexity index is 1400. The van der Waals surface area contributed by atoms with Gasteiger partial charge in [0.05, 0.1) is 35.0 Å². The fraction of sp³-hybridized carbons (Fsp3) is 0.542. The van der Waals surface area contributed by atoms with Gasteiger partial charge in [-0.3, -0.25) is 23.9 Å². The van der Waals surface area contributed by atoms with Crippen LogP contribution in [0.15, 0.2) is 9.70 Å². The van der Waals surface area contributed by atoms with Gasteiger partial charge in [0.2, 0.25) is 0 Å². The van der Waals surface area contributed by atoms with E-state index in [9.17, 15) is 28.1 Å². The van der Waals surface area contributed by atoms with E-state index in [-0.39, 0.29) is 39.2 Å². The fourth-order valence-corrected chi connectivity index (χ4v) is 8.17. The summed E-state index contributed by atoms with van der Waals surface area (Å²) in [5.74, 6) is -0.385. The molecule has 0 aromatic carbocycles. The van der Waals surface area contributed by atoms with E-state index < -0.39 is 21.4 Å². The highest BCUT2D eigenvalue weighted by Gasteiger charge is 2.42. The maximum Gasteiger partial charge on any atom is 0.309 e. The Kier molecular flexibility index (Phi) is 7.83. The summed E-state index contributed by atoms with van der Waals surface area (Å²) in [7, 11) is -1.63. The third kappa shape index (κ3) is 5.19. The number of rotatable bonds is 5. The van der Waals surface area contributed by atoms with E-state index in [1.54, 1.807) is 27.0 Å². The highest BCUT2D eigenvalue weighted by atomic mass is 32.2. The van der Waals surface area contributed by atoms with Crippen LogP contribution in [-0.2, 0) is 31.2 Å². The first-order valence-corrected chi connectivity index (χ1v) is 15.1. The molecule has 3 fully saturated rings. The molecule has 3 aliphatic heterocycles. The van der Waals surface area contributed by atoms with Crippen LogP contribution in [0.4, 0.5) is 5.82 Å². The zero-order chi connectivity index (χ0) is 27.1. The van der Waals surface area contributed by atoms with Crippen LogP contribution in [-0.4, -0.2) is 71.3 Å². The lowest BCUT2D eigenvalue weighted by Gasteiger charge is -2.35. The van der Waals surface area contributed by atoms with Gasteiger partial charge in [-0.05, 0) is 44.7 Å². The summed E-state index contributed by atoms with van der Waals surface area (Å²) in [6.45, 7) is 4.74. The molecular weight excluding hydrogens is 536 g/mol. The molecule has 1 amide bonds. The number of nitriles is 1. The molecule has 0 saturated carbocycles. The molecule has 198 valence electrons. The molecule has 1 aromatic rings. The van der Waals surface area contributed by atoms with Crippen molar-refractivity contribution in [1.82, 2.24) is 9.47 Å². The maximum atomic E-state index is 13.4. The summed E-state index contributed by atoms with van der Waals surface area (Å²) in [5.41, 5.74) is 0.536. The minimum atomic E-state index is -3.21. The van der Waals surface area contributed by atoms with Crippen molar-refractivity contribution >= 4 is 61.9 Å². The van der Waals surface area contributed by atoms with Crippen LogP contribution in [0.5, 0.6) is 0 Å². The largest absolute Gasteiger partial charge is 0.466 e. The van der Waals surface area contributed by atoms with Crippen molar-refractivity contribution in [2.24, 2.45) is 13.0 Å². The first kappa shape index (κ1) is 27.3. The second kappa shape index (κ2) is 10.6. The number of thiocarbonyl (C=S) groups is 1. The summed E-state index contributed by atoms with van der Waals surface area (Å²) in [6, 6.07) is 1.48. The van der Waals surface area contributed by atoms with E-state index in [4.69, 9.17) is 17.0 Å². The van der Waals surface area contributed by atoms with Gasteiger partial charge < -0.3 is 9.64 Å². The van der Waals surface area contributed by atoms with E-state index in [0.29, 0.717) is 60.8 Å². The molecule has 0 N–H and O–H groups in total. The summed E-state index contributed by atoms with van der Waals surface area (Å²) in [6.07, 6.45) is 3.07. The molecule has 3 saturated heterocycles. The topological polar surface area (TPSA) is 130 Å². The van der Waals surface area contributed by atoms with Crippen LogP contribution in [0.3, 0.4) is 0 Å². The minimum Gasteiger partial charge on any atom is -0.466 e. The number of amides is 1. The molecule has 1 unspecified atom stereocenters. The number of nitrogens with zero attached hydrogens (tertiary/aromatic N) is 4. The molecule has 0 bridgehead atoms. The molecule has 10 nitrogen and oxygen atoms in total. The van der Waals surface area contributed by atoms with Crippen molar-refractivity contribution < 1.29 is 22.7 Å². The van der Waals surface area contributed by atoms with Crippen molar-refractivity contribution in [2.75, 3.05) is 36.1 Å². The van der Waals surface area contributed by atoms with E-state index in [1.807, 2.05) is 11.0 Å². The Morgan fingerprint density at radius 1 is 1.27 bits per heavy atom. The number of carbonyl (C=O) groups excluding carboxylic acids is 2. The Balaban J connectivity index is 1.72. The average Bonchev–Trinajstić information content (AvgIpc) is 3.35. The standard InChI is InChI=1S/C24H28N4O6S3/c1-4-34-23(31)15-5-8-27(9-6-15)20-17(14(2)18(12-25)21(29)26(20)3)11-19-22(30)28(24(35)36-19)16-7-10-37(32,33)13-16/h11,15-16H,4-10,13H2,1-3H3/b19-11+. The van der Waals surface area contributed by atoms with E-state index in [1.165, 1.54) is 9.47 Å². The van der Waals surface area contributed by atoms with E-state index >= 15 is 0 Å². The third-order valence-corrected chi connectivity index (χ3v) is 10.1. The van der Waals surface area contributed by atoms with Gasteiger partial charge in [0.15, 0.2) is 9.84 Å². The van der Waals surface area contributed by atoms with Crippen LogP contribution in [0.1, 0.15) is 42.9 Å². The Morgan fingerprint density at radius 2 is 1.95 bits per heavy atom. The molecule has 3 aliphatic rings. The van der Waals surface area contributed by atoms with Gasteiger partial charge in [0.1, 0.15) is 21.8 Å². The molecule has 1 atom stereocenters. The van der Waals surface area contributed by atoms with Gasteiger partial charge in [0, 0.05) is 25.7 Å². The number of sulfone groups is 1. The molecule has 13 heteroatoms. The number of hydrogen-bond donors (Lipinski definition) is 0. The number of thioether (sulfide) groups is 1. The average molecular weight is 565 g/mol. The Morgan fingerprint density at radius 3 is 2.51 bits per heavy atom. The number of carbonyl (C=O) groups is 2. The molecule has 0 spiro atoms. The molecule has 0 radical (unpaired) electrons. The summed E-state index contributed by atoms with van der Waals surface area (Å²) >= 11 is 6.52. The lowest BCUT2D eigenvalue weighted by Crippen LogP contribution is -2.40. The molecule has 37 heavy (non-hydrogen) atoms. The molecule has 4 heterocycles. The van der Waals surface area contributed by atoms with E-state index in [0.717, 1.165) is 11.8 Å². The first-order valence-electron chi connectivity index (χ1n) is 12.0. The van der Waals surface area contributed by atoms with Gasteiger partial charge >= 0.3 is 5.97 Å². The van der Waals surface area contributed by atoms with Gasteiger partial charge in [-0.15, -0.1) is 0 Å². The van der Waals surface area contributed by atoms with Gasteiger partial charge in [0.25, 0.3) is 11.5 Å². The number of pyridine rings is 1. The quantitative estimate of drug-likeness (QED) is 0.296. The SMILES string of the molecule is CCOC(=O)C1CCN(c2c(/C=C3/SC(=S)N(C4CCS(=O)(=O)C4)C3=O)c(C)c(C#N)c(=O)n2C)CC1. The number of ether oxygens (including phenoxy) is 1.